The van der Waals surface area contributed by atoms with E-state index in [0.29, 0.717) is 13.1 Å². The summed E-state index contributed by atoms with van der Waals surface area (Å²) in [6.45, 7) is 0.988. The lowest BCUT2D eigenvalue weighted by molar-refractivity contribution is -0.384. The first-order chi connectivity index (χ1) is 11.0. The molecule has 2 aromatic carbocycles. The second kappa shape index (κ2) is 8.05. The van der Waals surface area contributed by atoms with Crippen LogP contribution in [0.2, 0.25) is 0 Å². The molecule has 0 aromatic heterocycles. The number of carbonyl (C=O) groups excluding carboxylic acids is 1. The SMILES string of the molecule is CN(CCc1ccc([N+](=O)[O-])cc1)CC(=O)Nc1ccccc1. The molecule has 1 N–H and O–H groups in total. The van der Waals surface area contributed by atoms with Crippen LogP contribution in [-0.4, -0.2) is 35.9 Å². The standard InChI is InChI=1S/C17H19N3O3/c1-19(13-17(21)18-15-5-3-2-4-6-15)12-11-14-7-9-16(10-8-14)20(22)23/h2-10H,11-13H2,1H3,(H,18,21). The zero-order chi connectivity index (χ0) is 16.7. The highest BCUT2D eigenvalue weighted by Gasteiger charge is 2.08. The number of hydrogen-bond donors (Lipinski definition) is 1. The fourth-order valence-electron chi connectivity index (χ4n) is 2.15. The molecule has 6 heteroatoms. The molecule has 6 nitrogen and oxygen atoms in total. The Balaban J connectivity index is 1.77. The third-order valence-electron chi connectivity index (χ3n) is 3.40. The van der Waals surface area contributed by atoms with Crippen molar-refractivity contribution in [1.29, 1.82) is 0 Å². The second-order valence-corrected chi connectivity index (χ2v) is 5.33. The summed E-state index contributed by atoms with van der Waals surface area (Å²) in [6.07, 6.45) is 0.729. The van der Waals surface area contributed by atoms with E-state index in [4.69, 9.17) is 0 Å². The van der Waals surface area contributed by atoms with Crippen LogP contribution in [0.5, 0.6) is 0 Å². The Morgan fingerprint density at radius 2 is 1.78 bits per heavy atom. The minimum atomic E-state index is -0.413. The molecule has 0 aliphatic rings. The molecule has 0 unspecified atom stereocenters. The number of hydrogen-bond acceptors (Lipinski definition) is 4. The van der Waals surface area contributed by atoms with Gasteiger partial charge in [0, 0.05) is 24.4 Å². The summed E-state index contributed by atoms with van der Waals surface area (Å²) in [7, 11) is 1.87. The van der Waals surface area contributed by atoms with Gasteiger partial charge in [0.2, 0.25) is 5.91 Å². The van der Waals surface area contributed by atoms with E-state index in [-0.39, 0.29) is 11.6 Å². The quantitative estimate of drug-likeness (QED) is 0.630. The molecule has 2 aromatic rings. The van der Waals surface area contributed by atoms with Crippen molar-refractivity contribution in [1.82, 2.24) is 4.90 Å². The molecule has 0 aliphatic heterocycles. The average Bonchev–Trinajstić information content (AvgIpc) is 2.54. The average molecular weight is 313 g/mol. The van der Waals surface area contributed by atoms with Crippen molar-refractivity contribution in [3.8, 4) is 0 Å². The van der Waals surface area contributed by atoms with Crippen molar-refractivity contribution < 1.29 is 9.72 Å². The van der Waals surface area contributed by atoms with Gasteiger partial charge >= 0.3 is 0 Å². The Hall–Kier alpha value is -2.73. The topological polar surface area (TPSA) is 75.5 Å². The summed E-state index contributed by atoms with van der Waals surface area (Å²) in [6, 6.07) is 15.8. The lowest BCUT2D eigenvalue weighted by atomic mass is 10.1. The minimum Gasteiger partial charge on any atom is -0.325 e. The van der Waals surface area contributed by atoms with E-state index < -0.39 is 4.92 Å². The number of rotatable bonds is 7. The van der Waals surface area contributed by atoms with Gasteiger partial charge in [0.05, 0.1) is 11.5 Å². The van der Waals surface area contributed by atoms with Crippen molar-refractivity contribution >= 4 is 17.3 Å². The molecule has 1 amide bonds. The highest BCUT2D eigenvalue weighted by Crippen LogP contribution is 2.12. The van der Waals surface area contributed by atoms with Crippen molar-refractivity contribution in [2.75, 3.05) is 25.5 Å². The maximum Gasteiger partial charge on any atom is 0.269 e. The third kappa shape index (κ3) is 5.52. The van der Waals surface area contributed by atoms with Crippen LogP contribution in [0.3, 0.4) is 0 Å². The van der Waals surface area contributed by atoms with Crippen LogP contribution in [0.1, 0.15) is 5.56 Å². The molecular formula is C17H19N3O3. The molecule has 0 saturated carbocycles. The lowest BCUT2D eigenvalue weighted by Gasteiger charge is -2.16. The zero-order valence-corrected chi connectivity index (χ0v) is 12.9. The lowest BCUT2D eigenvalue weighted by Crippen LogP contribution is -2.31. The van der Waals surface area contributed by atoms with Crippen molar-refractivity contribution in [2.24, 2.45) is 0 Å². The summed E-state index contributed by atoms with van der Waals surface area (Å²) in [5.41, 5.74) is 1.87. The van der Waals surface area contributed by atoms with Gasteiger partial charge in [-0.25, -0.2) is 0 Å². The second-order valence-electron chi connectivity index (χ2n) is 5.33. The van der Waals surface area contributed by atoms with Gasteiger partial charge in [0.25, 0.3) is 5.69 Å². The number of non-ortho nitro benzene ring substituents is 1. The van der Waals surface area contributed by atoms with Crippen LogP contribution in [0, 0.1) is 10.1 Å². The maximum absolute atomic E-state index is 11.9. The number of anilines is 1. The van der Waals surface area contributed by atoms with Crippen LogP contribution in [0.15, 0.2) is 54.6 Å². The summed E-state index contributed by atoms with van der Waals surface area (Å²) < 4.78 is 0. The van der Waals surface area contributed by atoms with Gasteiger partial charge in [-0.3, -0.25) is 19.8 Å². The number of carbonyl (C=O) groups is 1. The van der Waals surface area contributed by atoms with E-state index in [1.165, 1.54) is 12.1 Å². The van der Waals surface area contributed by atoms with Crippen LogP contribution in [0.4, 0.5) is 11.4 Å². The predicted molar refractivity (Wildman–Crippen MR) is 89.4 cm³/mol. The Morgan fingerprint density at radius 1 is 1.13 bits per heavy atom. The molecule has 0 aliphatic carbocycles. The molecule has 0 fully saturated rings. The minimum absolute atomic E-state index is 0.0672. The number of nitrogens with zero attached hydrogens (tertiary/aromatic N) is 2. The molecule has 2 rings (SSSR count). The van der Waals surface area contributed by atoms with E-state index in [2.05, 4.69) is 5.32 Å². The number of nitro groups is 1. The summed E-state index contributed by atoms with van der Waals surface area (Å²) in [4.78, 5) is 24.0. The molecule has 0 saturated heterocycles. The molecule has 23 heavy (non-hydrogen) atoms. The summed E-state index contributed by atoms with van der Waals surface area (Å²) in [5.74, 6) is -0.0672. The molecule has 0 atom stereocenters. The van der Waals surface area contributed by atoms with Gasteiger partial charge in [-0.1, -0.05) is 30.3 Å². The molecule has 0 spiro atoms. The van der Waals surface area contributed by atoms with E-state index >= 15 is 0 Å². The van der Waals surface area contributed by atoms with Crippen LogP contribution in [-0.2, 0) is 11.2 Å². The number of benzene rings is 2. The van der Waals surface area contributed by atoms with Crippen LogP contribution >= 0.6 is 0 Å². The van der Waals surface area contributed by atoms with E-state index in [1.54, 1.807) is 12.1 Å². The van der Waals surface area contributed by atoms with Crippen LogP contribution in [0.25, 0.3) is 0 Å². The van der Waals surface area contributed by atoms with Gasteiger partial charge in [-0.15, -0.1) is 0 Å². The van der Waals surface area contributed by atoms with E-state index in [1.807, 2.05) is 42.3 Å². The van der Waals surface area contributed by atoms with Gasteiger partial charge in [0.15, 0.2) is 0 Å². The molecule has 0 heterocycles. The fraction of sp³-hybridized carbons (Fsp3) is 0.235. The van der Waals surface area contributed by atoms with Gasteiger partial charge in [0.1, 0.15) is 0 Å². The van der Waals surface area contributed by atoms with Gasteiger partial charge in [-0.05, 0) is 31.2 Å². The molecular weight excluding hydrogens is 294 g/mol. The largest absolute Gasteiger partial charge is 0.325 e. The Morgan fingerprint density at radius 3 is 2.39 bits per heavy atom. The van der Waals surface area contributed by atoms with E-state index in [9.17, 15) is 14.9 Å². The first-order valence-corrected chi connectivity index (χ1v) is 7.31. The van der Waals surface area contributed by atoms with Gasteiger partial charge < -0.3 is 5.32 Å². The molecule has 120 valence electrons. The number of likely N-dealkylation sites (N-methyl/N-ethyl adjacent to an activating group) is 1. The number of para-hydroxylation sites is 1. The summed E-state index contributed by atoms with van der Waals surface area (Å²) >= 11 is 0. The number of nitrogens with one attached hydrogen (secondary N) is 1. The Bertz CT molecular complexity index is 657. The van der Waals surface area contributed by atoms with Crippen LogP contribution < -0.4 is 5.32 Å². The third-order valence-corrected chi connectivity index (χ3v) is 3.40. The Kier molecular flexibility index (Phi) is 5.82. The number of nitro benzene ring substituents is 1. The van der Waals surface area contributed by atoms with Gasteiger partial charge in [-0.2, -0.15) is 0 Å². The summed E-state index contributed by atoms with van der Waals surface area (Å²) in [5, 5.41) is 13.4. The highest BCUT2D eigenvalue weighted by atomic mass is 16.6. The van der Waals surface area contributed by atoms with Crippen molar-refractivity contribution in [3.63, 3.8) is 0 Å². The monoisotopic (exact) mass is 313 g/mol. The Labute approximate surface area is 134 Å². The smallest absolute Gasteiger partial charge is 0.269 e. The normalized spacial score (nSPS) is 10.5. The van der Waals surface area contributed by atoms with Crippen molar-refractivity contribution in [3.05, 3.63) is 70.3 Å². The molecule has 0 bridgehead atoms. The van der Waals surface area contributed by atoms with E-state index in [0.717, 1.165) is 17.7 Å². The first-order valence-electron chi connectivity index (χ1n) is 7.31. The zero-order valence-electron chi connectivity index (χ0n) is 12.9. The number of amides is 1. The molecule has 0 radical (unpaired) electrons. The predicted octanol–water partition coefficient (Wildman–Crippen LogP) is 2.71. The fourth-order valence-corrected chi connectivity index (χ4v) is 2.15. The first kappa shape index (κ1) is 16.6. The van der Waals surface area contributed by atoms with Crippen molar-refractivity contribution in [2.45, 2.75) is 6.42 Å². The highest BCUT2D eigenvalue weighted by molar-refractivity contribution is 5.92. The maximum atomic E-state index is 11.9.